The molecule has 0 aliphatic heterocycles. The quantitative estimate of drug-likeness (QED) is 0.858. The SMILES string of the molecule is COc1ccc(CC(=O)N/N=C2\CCCC(C)C2)cc1. The molecular formula is C16H22N2O2. The number of methoxy groups -OCH3 is 1. The van der Waals surface area contributed by atoms with Crippen LogP contribution in [0.3, 0.4) is 0 Å². The lowest BCUT2D eigenvalue weighted by Gasteiger charge is -2.18. The van der Waals surface area contributed by atoms with Gasteiger partial charge in [-0.2, -0.15) is 5.10 Å². The van der Waals surface area contributed by atoms with Crippen molar-refractivity contribution in [3.8, 4) is 5.75 Å². The van der Waals surface area contributed by atoms with Crippen molar-refractivity contribution < 1.29 is 9.53 Å². The zero-order valence-electron chi connectivity index (χ0n) is 12.2. The molecule has 1 fully saturated rings. The van der Waals surface area contributed by atoms with Crippen LogP contribution in [0.15, 0.2) is 29.4 Å². The highest BCUT2D eigenvalue weighted by Crippen LogP contribution is 2.20. The van der Waals surface area contributed by atoms with E-state index in [-0.39, 0.29) is 5.91 Å². The van der Waals surface area contributed by atoms with Gasteiger partial charge in [0.1, 0.15) is 5.75 Å². The van der Waals surface area contributed by atoms with E-state index in [0.29, 0.717) is 12.3 Å². The van der Waals surface area contributed by atoms with Gasteiger partial charge in [-0.05, 0) is 49.3 Å². The molecule has 2 rings (SSSR count). The first-order chi connectivity index (χ1) is 9.67. The predicted molar refractivity (Wildman–Crippen MR) is 79.9 cm³/mol. The van der Waals surface area contributed by atoms with Crippen molar-refractivity contribution in [1.82, 2.24) is 5.43 Å². The number of hydrazone groups is 1. The van der Waals surface area contributed by atoms with Gasteiger partial charge in [-0.3, -0.25) is 4.79 Å². The second kappa shape index (κ2) is 7.08. The minimum absolute atomic E-state index is 0.0686. The first-order valence-electron chi connectivity index (χ1n) is 7.14. The maximum absolute atomic E-state index is 11.8. The van der Waals surface area contributed by atoms with Crippen LogP contribution in [0.5, 0.6) is 5.75 Å². The van der Waals surface area contributed by atoms with E-state index >= 15 is 0 Å². The third kappa shape index (κ3) is 4.37. The molecule has 0 saturated heterocycles. The maximum atomic E-state index is 11.8. The standard InChI is InChI=1S/C16H22N2O2/c1-12-4-3-5-14(10-12)17-18-16(19)11-13-6-8-15(20-2)9-7-13/h6-9,12H,3-5,10-11H2,1-2H3,(H,18,19)/b17-14+. The Balaban J connectivity index is 1.84. The summed E-state index contributed by atoms with van der Waals surface area (Å²) in [5.41, 5.74) is 4.74. The molecule has 1 saturated carbocycles. The van der Waals surface area contributed by atoms with Gasteiger partial charge in [0.05, 0.1) is 13.5 Å². The molecule has 20 heavy (non-hydrogen) atoms. The highest BCUT2D eigenvalue weighted by molar-refractivity contribution is 5.87. The van der Waals surface area contributed by atoms with Crippen LogP contribution in [0.4, 0.5) is 0 Å². The number of carbonyl (C=O) groups excluding carboxylic acids is 1. The normalized spacial score (nSPS) is 20.7. The lowest BCUT2D eigenvalue weighted by Crippen LogP contribution is -2.23. The zero-order chi connectivity index (χ0) is 14.4. The molecule has 1 aliphatic rings. The number of rotatable bonds is 4. The Labute approximate surface area is 120 Å². The number of ether oxygens (including phenoxy) is 1. The van der Waals surface area contributed by atoms with Crippen LogP contribution in [-0.2, 0) is 11.2 Å². The van der Waals surface area contributed by atoms with E-state index < -0.39 is 0 Å². The Morgan fingerprint density at radius 1 is 1.40 bits per heavy atom. The van der Waals surface area contributed by atoms with Crippen molar-refractivity contribution in [1.29, 1.82) is 0 Å². The average Bonchev–Trinajstić information content (AvgIpc) is 2.46. The maximum Gasteiger partial charge on any atom is 0.244 e. The van der Waals surface area contributed by atoms with Gasteiger partial charge in [0.2, 0.25) is 5.91 Å². The van der Waals surface area contributed by atoms with Crippen molar-refractivity contribution in [3.63, 3.8) is 0 Å². The summed E-state index contributed by atoms with van der Waals surface area (Å²) in [5.74, 6) is 1.41. The number of nitrogens with zero attached hydrogens (tertiary/aromatic N) is 1. The average molecular weight is 274 g/mol. The monoisotopic (exact) mass is 274 g/mol. The molecular weight excluding hydrogens is 252 g/mol. The molecule has 0 aromatic heterocycles. The first kappa shape index (κ1) is 14.6. The molecule has 1 amide bonds. The lowest BCUT2D eigenvalue weighted by molar-refractivity contribution is -0.120. The number of carbonyl (C=O) groups is 1. The van der Waals surface area contributed by atoms with Crippen LogP contribution in [0.2, 0.25) is 0 Å². The molecule has 108 valence electrons. The van der Waals surface area contributed by atoms with Gasteiger partial charge < -0.3 is 4.74 Å². The van der Waals surface area contributed by atoms with Crippen LogP contribution in [0.1, 0.15) is 38.2 Å². The van der Waals surface area contributed by atoms with Gasteiger partial charge in [-0.1, -0.05) is 19.1 Å². The van der Waals surface area contributed by atoms with Crippen molar-refractivity contribution in [2.24, 2.45) is 11.0 Å². The molecule has 0 heterocycles. The molecule has 1 unspecified atom stereocenters. The molecule has 0 radical (unpaired) electrons. The summed E-state index contributed by atoms with van der Waals surface area (Å²) in [4.78, 5) is 11.8. The van der Waals surface area contributed by atoms with Crippen molar-refractivity contribution >= 4 is 11.6 Å². The van der Waals surface area contributed by atoms with E-state index in [0.717, 1.165) is 29.9 Å². The Hall–Kier alpha value is -1.84. The molecule has 4 heteroatoms. The van der Waals surface area contributed by atoms with Gasteiger partial charge >= 0.3 is 0 Å². The van der Waals surface area contributed by atoms with Gasteiger partial charge in [0.25, 0.3) is 0 Å². The Bertz CT molecular complexity index is 480. The van der Waals surface area contributed by atoms with E-state index in [9.17, 15) is 4.79 Å². The number of amides is 1. The van der Waals surface area contributed by atoms with E-state index in [2.05, 4.69) is 17.5 Å². The topological polar surface area (TPSA) is 50.7 Å². The fourth-order valence-electron chi connectivity index (χ4n) is 2.47. The highest BCUT2D eigenvalue weighted by atomic mass is 16.5. The lowest BCUT2D eigenvalue weighted by atomic mass is 9.89. The molecule has 0 spiro atoms. The summed E-state index contributed by atoms with van der Waals surface area (Å²) in [6, 6.07) is 7.51. The molecule has 1 N–H and O–H groups in total. The fourth-order valence-corrected chi connectivity index (χ4v) is 2.47. The summed E-state index contributed by atoms with van der Waals surface area (Å²) < 4.78 is 5.09. The van der Waals surface area contributed by atoms with Gasteiger partial charge in [-0.15, -0.1) is 0 Å². The highest BCUT2D eigenvalue weighted by Gasteiger charge is 2.14. The van der Waals surface area contributed by atoms with E-state index in [1.807, 2.05) is 24.3 Å². The second-order valence-electron chi connectivity index (χ2n) is 5.44. The van der Waals surface area contributed by atoms with Crippen LogP contribution >= 0.6 is 0 Å². The zero-order valence-corrected chi connectivity index (χ0v) is 12.2. The largest absolute Gasteiger partial charge is 0.497 e. The van der Waals surface area contributed by atoms with E-state index in [1.165, 1.54) is 12.8 Å². The summed E-state index contributed by atoms with van der Waals surface area (Å²) in [7, 11) is 1.63. The molecule has 1 aliphatic carbocycles. The summed E-state index contributed by atoms with van der Waals surface area (Å²) in [6.07, 6.45) is 4.79. The van der Waals surface area contributed by atoms with Crippen LogP contribution < -0.4 is 10.2 Å². The van der Waals surface area contributed by atoms with Gasteiger partial charge in [0.15, 0.2) is 0 Å². The van der Waals surface area contributed by atoms with Crippen molar-refractivity contribution in [2.75, 3.05) is 7.11 Å². The second-order valence-corrected chi connectivity index (χ2v) is 5.44. The van der Waals surface area contributed by atoms with Crippen LogP contribution in [0, 0.1) is 5.92 Å². The molecule has 1 aromatic rings. The van der Waals surface area contributed by atoms with E-state index in [4.69, 9.17) is 4.74 Å². The van der Waals surface area contributed by atoms with Crippen LogP contribution in [-0.4, -0.2) is 18.7 Å². The minimum atomic E-state index is -0.0686. The predicted octanol–water partition coefficient (Wildman–Crippen LogP) is 2.92. The summed E-state index contributed by atoms with van der Waals surface area (Å²) in [5, 5.41) is 4.26. The Morgan fingerprint density at radius 3 is 2.80 bits per heavy atom. The van der Waals surface area contributed by atoms with Crippen LogP contribution in [0.25, 0.3) is 0 Å². The smallest absolute Gasteiger partial charge is 0.244 e. The van der Waals surface area contributed by atoms with Gasteiger partial charge in [-0.25, -0.2) is 5.43 Å². The number of nitrogens with one attached hydrogen (secondary N) is 1. The minimum Gasteiger partial charge on any atom is -0.497 e. The summed E-state index contributed by atoms with van der Waals surface area (Å²) >= 11 is 0. The third-order valence-corrected chi connectivity index (χ3v) is 3.61. The van der Waals surface area contributed by atoms with Gasteiger partial charge in [0, 0.05) is 5.71 Å². The Morgan fingerprint density at radius 2 is 2.15 bits per heavy atom. The molecule has 4 nitrogen and oxygen atoms in total. The van der Waals surface area contributed by atoms with E-state index in [1.54, 1.807) is 7.11 Å². The van der Waals surface area contributed by atoms with Crippen molar-refractivity contribution in [2.45, 2.75) is 39.0 Å². The number of hydrogen-bond donors (Lipinski definition) is 1. The number of benzene rings is 1. The first-order valence-corrected chi connectivity index (χ1v) is 7.14. The third-order valence-electron chi connectivity index (χ3n) is 3.61. The van der Waals surface area contributed by atoms with Crippen molar-refractivity contribution in [3.05, 3.63) is 29.8 Å². The molecule has 1 atom stereocenters. The molecule has 1 aromatic carbocycles. The summed E-state index contributed by atoms with van der Waals surface area (Å²) in [6.45, 7) is 2.23. The molecule has 0 bridgehead atoms. The number of hydrogen-bond acceptors (Lipinski definition) is 3. The fraction of sp³-hybridized carbons (Fsp3) is 0.500. The Kier molecular flexibility index (Phi) is 5.16.